The Bertz CT molecular complexity index is 1000. The van der Waals surface area contributed by atoms with Gasteiger partial charge in [0.05, 0.1) is 6.20 Å². The molecule has 7 heteroatoms. The maximum atomic E-state index is 10.7. The van der Waals surface area contributed by atoms with Crippen LogP contribution in [0.4, 0.5) is 11.5 Å². The van der Waals surface area contributed by atoms with Crippen LogP contribution in [0, 0.1) is 12.8 Å². The monoisotopic (exact) mass is 436 g/mol. The quantitative estimate of drug-likeness (QED) is 0.654. The summed E-state index contributed by atoms with van der Waals surface area (Å²) in [5.41, 5.74) is 4.13. The highest BCUT2D eigenvalue weighted by Crippen LogP contribution is 2.19. The van der Waals surface area contributed by atoms with Crippen LogP contribution < -0.4 is 10.2 Å². The third-order valence-electron chi connectivity index (χ3n) is 5.47. The summed E-state index contributed by atoms with van der Waals surface area (Å²) in [6.45, 7) is 15.8. The first-order valence-corrected chi connectivity index (χ1v) is 11.5. The summed E-state index contributed by atoms with van der Waals surface area (Å²) < 4.78 is 1.95. The third-order valence-corrected chi connectivity index (χ3v) is 5.47. The van der Waals surface area contributed by atoms with Gasteiger partial charge in [0.2, 0.25) is 5.91 Å². The van der Waals surface area contributed by atoms with Crippen LogP contribution >= 0.6 is 0 Å². The van der Waals surface area contributed by atoms with Crippen molar-refractivity contribution in [2.45, 2.75) is 41.0 Å². The van der Waals surface area contributed by atoms with Gasteiger partial charge >= 0.3 is 0 Å². The van der Waals surface area contributed by atoms with Gasteiger partial charge in [0, 0.05) is 63.2 Å². The lowest BCUT2D eigenvalue weighted by molar-refractivity contribution is -0.114. The molecule has 4 rings (SSSR count). The SMILES string of the molecule is CCc1ccc(NC(C)=O)cc1.Cc1cc(N2CCN(CC(C)C)CC2)n2nccc2n1. The van der Waals surface area contributed by atoms with Crippen LogP contribution in [0.5, 0.6) is 0 Å². The van der Waals surface area contributed by atoms with Gasteiger partial charge in [-0.2, -0.15) is 9.61 Å². The standard InChI is InChI=1S/C15H23N5.C10H13NO/c1-12(2)11-18-6-8-19(9-7-18)15-10-13(3)17-14-4-5-16-20(14)15;1-3-9-4-6-10(7-5-9)11-8(2)12/h4-5,10,12H,6-9,11H2,1-3H3;4-7H,3H2,1-2H3,(H,11,12). The van der Waals surface area contributed by atoms with Crippen LogP contribution in [0.25, 0.3) is 5.65 Å². The number of aryl methyl sites for hydroxylation is 2. The van der Waals surface area contributed by atoms with Crippen LogP contribution in [-0.4, -0.2) is 58.1 Å². The Morgan fingerprint density at radius 1 is 1.09 bits per heavy atom. The van der Waals surface area contributed by atoms with E-state index in [9.17, 15) is 4.79 Å². The minimum atomic E-state index is -0.0285. The second kappa shape index (κ2) is 11.1. The van der Waals surface area contributed by atoms with Gasteiger partial charge in [0.1, 0.15) is 5.82 Å². The number of hydrogen-bond acceptors (Lipinski definition) is 5. The summed E-state index contributed by atoms with van der Waals surface area (Å²) in [6, 6.07) is 12.0. The number of anilines is 2. The topological polar surface area (TPSA) is 65.8 Å². The molecular weight excluding hydrogens is 400 g/mol. The van der Waals surface area contributed by atoms with Gasteiger partial charge < -0.3 is 10.2 Å². The summed E-state index contributed by atoms with van der Waals surface area (Å²) in [5.74, 6) is 1.88. The maximum Gasteiger partial charge on any atom is 0.221 e. The number of nitrogens with one attached hydrogen (secondary N) is 1. The number of nitrogens with zero attached hydrogens (tertiary/aromatic N) is 5. The highest BCUT2D eigenvalue weighted by Gasteiger charge is 2.20. The Hall–Kier alpha value is -2.93. The molecule has 0 atom stereocenters. The maximum absolute atomic E-state index is 10.7. The predicted molar refractivity (Wildman–Crippen MR) is 131 cm³/mol. The van der Waals surface area contributed by atoms with Gasteiger partial charge in [-0.25, -0.2) is 4.98 Å². The number of rotatable bonds is 5. The highest BCUT2D eigenvalue weighted by atomic mass is 16.1. The molecule has 32 heavy (non-hydrogen) atoms. The molecule has 172 valence electrons. The predicted octanol–water partition coefficient (Wildman–Crippen LogP) is 4.02. The van der Waals surface area contributed by atoms with E-state index in [4.69, 9.17) is 0 Å². The Morgan fingerprint density at radius 3 is 2.38 bits per heavy atom. The first-order chi connectivity index (χ1) is 15.4. The number of benzene rings is 1. The number of amides is 1. The zero-order chi connectivity index (χ0) is 23.1. The average molecular weight is 437 g/mol. The number of piperazine rings is 1. The third kappa shape index (κ3) is 6.53. The minimum absolute atomic E-state index is 0.0285. The van der Waals surface area contributed by atoms with Crippen molar-refractivity contribution in [1.29, 1.82) is 0 Å². The van der Waals surface area contributed by atoms with E-state index < -0.39 is 0 Å². The van der Waals surface area contributed by atoms with Crippen molar-refractivity contribution in [2.75, 3.05) is 42.9 Å². The van der Waals surface area contributed by atoms with Crippen molar-refractivity contribution >= 4 is 23.1 Å². The Labute approximate surface area is 191 Å². The summed E-state index contributed by atoms with van der Waals surface area (Å²) in [4.78, 5) is 20.1. The highest BCUT2D eigenvalue weighted by molar-refractivity contribution is 5.88. The van der Waals surface area contributed by atoms with Gasteiger partial charge in [0.15, 0.2) is 5.65 Å². The van der Waals surface area contributed by atoms with E-state index in [0.29, 0.717) is 0 Å². The van der Waals surface area contributed by atoms with Crippen LogP contribution in [0.2, 0.25) is 0 Å². The molecule has 0 bridgehead atoms. The molecule has 0 spiro atoms. The van der Waals surface area contributed by atoms with Crippen LogP contribution in [0.1, 0.15) is 39.0 Å². The summed E-state index contributed by atoms with van der Waals surface area (Å²) in [6.07, 6.45) is 2.85. The Morgan fingerprint density at radius 2 is 1.78 bits per heavy atom. The lowest BCUT2D eigenvalue weighted by Crippen LogP contribution is -2.48. The van der Waals surface area contributed by atoms with Gasteiger partial charge in [-0.15, -0.1) is 0 Å². The van der Waals surface area contributed by atoms with E-state index in [-0.39, 0.29) is 5.91 Å². The number of carbonyl (C=O) groups is 1. The van der Waals surface area contributed by atoms with E-state index in [1.165, 1.54) is 24.8 Å². The van der Waals surface area contributed by atoms with Crippen molar-refractivity contribution in [2.24, 2.45) is 5.92 Å². The molecule has 3 heterocycles. The van der Waals surface area contributed by atoms with E-state index in [1.54, 1.807) is 0 Å². The zero-order valence-electron chi connectivity index (χ0n) is 20.0. The smallest absolute Gasteiger partial charge is 0.221 e. The summed E-state index contributed by atoms with van der Waals surface area (Å²) in [5, 5.41) is 7.12. The van der Waals surface area contributed by atoms with Crippen molar-refractivity contribution in [3.8, 4) is 0 Å². The zero-order valence-corrected chi connectivity index (χ0v) is 20.0. The van der Waals surface area contributed by atoms with Crippen LogP contribution in [-0.2, 0) is 11.2 Å². The fraction of sp³-hybridized carbons (Fsp3) is 0.480. The lowest BCUT2D eigenvalue weighted by Gasteiger charge is -2.36. The number of hydrogen-bond donors (Lipinski definition) is 1. The summed E-state index contributed by atoms with van der Waals surface area (Å²) in [7, 11) is 0. The van der Waals surface area contributed by atoms with Gasteiger partial charge in [-0.1, -0.05) is 32.9 Å². The molecule has 1 aromatic carbocycles. The summed E-state index contributed by atoms with van der Waals surface area (Å²) >= 11 is 0. The largest absolute Gasteiger partial charge is 0.354 e. The van der Waals surface area contributed by atoms with E-state index in [2.05, 4.69) is 52.0 Å². The minimum Gasteiger partial charge on any atom is -0.354 e. The molecule has 1 aliphatic rings. The van der Waals surface area contributed by atoms with Crippen LogP contribution in [0.3, 0.4) is 0 Å². The van der Waals surface area contributed by atoms with Crippen molar-refractivity contribution in [1.82, 2.24) is 19.5 Å². The van der Waals surface area contributed by atoms with Crippen LogP contribution in [0.15, 0.2) is 42.6 Å². The first kappa shape index (κ1) is 23.7. The molecule has 1 aliphatic heterocycles. The first-order valence-electron chi connectivity index (χ1n) is 11.5. The fourth-order valence-corrected chi connectivity index (χ4v) is 3.95. The molecule has 0 radical (unpaired) electrons. The van der Waals surface area contributed by atoms with Gasteiger partial charge in [-0.05, 0) is 37.0 Å². The van der Waals surface area contributed by atoms with Crippen molar-refractivity contribution < 1.29 is 4.79 Å². The molecule has 1 amide bonds. The molecule has 0 unspecified atom stereocenters. The number of fused-ring (bicyclic) bond motifs is 1. The lowest BCUT2D eigenvalue weighted by atomic mass is 10.1. The molecule has 1 saturated heterocycles. The molecule has 2 aromatic heterocycles. The van der Waals surface area contributed by atoms with Crippen molar-refractivity contribution in [3.05, 3.63) is 53.9 Å². The Balaban J connectivity index is 0.000000207. The normalized spacial score (nSPS) is 14.4. The number of aromatic nitrogens is 3. The van der Waals surface area contributed by atoms with Gasteiger partial charge in [0.25, 0.3) is 0 Å². The molecular formula is C25H36N6O. The molecule has 1 fully saturated rings. The Kier molecular flexibility index (Phi) is 8.22. The molecule has 3 aromatic rings. The van der Waals surface area contributed by atoms with E-state index >= 15 is 0 Å². The van der Waals surface area contributed by atoms with Gasteiger partial charge in [-0.3, -0.25) is 9.69 Å². The van der Waals surface area contributed by atoms with E-state index in [0.717, 1.165) is 55.5 Å². The van der Waals surface area contributed by atoms with Crippen molar-refractivity contribution in [3.63, 3.8) is 0 Å². The second-order valence-electron chi connectivity index (χ2n) is 8.77. The number of carbonyl (C=O) groups excluding carboxylic acids is 1. The molecule has 7 nitrogen and oxygen atoms in total. The molecule has 0 aliphatic carbocycles. The molecule has 0 saturated carbocycles. The average Bonchev–Trinajstić information content (AvgIpc) is 3.22. The molecule has 1 N–H and O–H groups in total. The van der Waals surface area contributed by atoms with E-state index in [1.807, 2.05) is 48.0 Å². The second-order valence-corrected chi connectivity index (χ2v) is 8.77. The fourth-order valence-electron chi connectivity index (χ4n) is 3.95.